The van der Waals surface area contributed by atoms with E-state index in [2.05, 4.69) is 10.6 Å². The van der Waals surface area contributed by atoms with Crippen molar-refractivity contribution in [3.63, 3.8) is 0 Å². The minimum absolute atomic E-state index is 0.0507. The SMILES string of the molecule is CC(=O)N[C@H](Cc1ccccc1F)C(=O)N[C@@H](CC[S@@](=O)c1ccccc1)C(N)=O. The molecule has 0 aromatic heterocycles. The molecule has 4 N–H and O–H groups in total. The Balaban J connectivity index is 2.06. The fourth-order valence-electron chi connectivity index (χ4n) is 2.81. The van der Waals surface area contributed by atoms with Crippen molar-refractivity contribution in [1.82, 2.24) is 10.6 Å². The zero-order chi connectivity index (χ0) is 22.1. The fraction of sp³-hybridized carbons (Fsp3) is 0.286. The minimum atomic E-state index is -1.37. The molecule has 0 aliphatic rings. The highest BCUT2D eigenvalue weighted by atomic mass is 32.2. The lowest BCUT2D eigenvalue weighted by Crippen LogP contribution is -2.53. The summed E-state index contributed by atoms with van der Waals surface area (Å²) >= 11 is 0. The van der Waals surface area contributed by atoms with Crippen LogP contribution >= 0.6 is 0 Å². The maximum Gasteiger partial charge on any atom is 0.243 e. The molecule has 0 fully saturated rings. The first-order valence-electron chi connectivity index (χ1n) is 9.31. The smallest absolute Gasteiger partial charge is 0.243 e. The van der Waals surface area contributed by atoms with Gasteiger partial charge in [0.25, 0.3) is 0 Å². The lowest BCUT2D eigenvalue weighted by atomic mass is 10.0. The molecule has 30 heavy (non-hydrogen) atoms. The van der Waals surface area contributed by atoms with Crippen molar-refractivity contribution in [3.8, 4) is 0 Å². The van der Waals surface area contributed by atoms with E-state index in [1.165, 1.54) is 25.1 Å². The van der Waals surface area contributed by atoms with Crippen molar-refractivity contribution in [2.75, 3.05) is 5.75 Å². The molecule has 0 aliphatic carbocycles. The quantitative estimate of drug-likeness (QED) is 0.519. The standard InChI is InChI=1S/C21H24FN3O4S/c1-14(26)24-19(13-15-7-5-6-10-17(15)22)21(28)25-18(20(23)27)11-12-30(29)16-8-3-2-4-9-16/h2-10,18-19H,11-13H2,1H3,(H2,23,27)(H,24,26)(H,25,28)/t18-,19+,30+/m0/s1. The molecule has 0 heterocycles. The van der Waals surface area contributed by atoms with Crippen LogP contribution in [0.15, 0.2) is 59.5 Å². The largest absolute Gasteiger partial charge is 0.368 e. The van der Waals surface area contributed by atoms with E-state index in [0.717, 1.165) is 0 Å². The van der Waals surface area contributed by atoms with Gasteiger partial charge in [0.2, 0.25) is 17.7 Å². The normalized spacial score (nSPS) is 13.7. The minimum Gasteiger partial charge on any atom is -0.368 e. The number of amides is 3. The second-order valence-corrected chi connectivity index (χ2v) is 8.23. The Morgan fingerprint density at radius 3 is 2.23 bits per heavy atom. The third kappa shape index (κ3) is 7.07. The van der Waals surface area contributed by atoms with Gasteiger partial charge in [-0.1, -0.05) is 36.4 Å². The van der Waals surface area contributed by atoms with Crippen LogP contribution in [0.2, 0.25) is 0 Å². The van der Waals surface area contributed by atoms with Crippen LogP contribution in [0, 0.1) is 5.82 Å². The molecule has 2 rings (SSSR count). The lowest BCUT2D eigenvalue weighted by Gasteiger charge is -2.21. The molecular formula is C21H24FN3O4S. The number of rotatable bonds is 10. The lowest BCUT2D eigenvalue weighted by molar-refractivity contribution is -0.130. The average Bonchev–Trinajstić information content (AvgIpc) is 2.71. The number of hydrogen-bond donors (Lipinski definition) is 3. The summed E-state index contributed by atoms with van der Waals surface area (Å²) in [4.78, 5) is 36.6. The van der Waals surface area contributed by atoms with Crippen LogP contribution in [0.1, 0.15) is 18.9 Å². The third-order valence-corrected chi connectivity index (χ3v) is 5.74. The molecule has 0 bridgehead atoms. The molecule has 0 radical (unpaired) electrons. The average molecular weight is 434 g/mol. The first-order chi connectivity index (χ1) is 14.3. The second kappa shape index (κ2) is 11.2. The van der Waals surface area contributed by atoms with Gasteiger partial charge >= 0.3 is 0 Å². The van der Waals surface area contributed by atoms with Gasteiger partial charge in [-0.05, 0) is 30.2 Å². The molecule has 3 amide bonds. The van der Waals surface area contributed by atoms with Gasteiger partial charge < -0.3 is 16.4 Å². The van der Waals surface area contributed by atoms with Gasteiger partial charge in [-0.3, -0.25) is 18.6 Å². The molecule has 0 spiro atoms. The summed E-state index contributed by atoms with van der Waals surface area (Å²) in [5.41, 5.74) is 5.63. The highest BCUT2D eigenvalue weighted by Gasteiger charge is 2.26. The number of primary amides is 1. The third-order valence-electron chi connectivity index (χ3n) is 4.33. The summed E-state index contributed by atoms with van der Waals surface area (Å²) in [6.07, 6.45) is -0.0470. The second-order valence-electron chi connectivity index (χ2n) is 6.66. The van der Waals surface area contributed by atoms with E-state index >= 15 is 0 Å². The van der Waals surface area contributed by atoms with Gasteiger partial charge in [-0.2, -0.15) is 0 Å². The van der Waals surface area contributed by atoms with Gasteiger partial charge in [0.15, 0.2) is 0 Å². The molecule has 9 heteroatoms. The number of carbonyl (C=O) groups is 3. The molecule has 0 unspecified atom stereocenters. The molecule has 2 aromatic rings. The van der Waals surface area contributed by atoms with Crippen LogP contribution in [0.5, 0.6) is 0 Å². The summed E-state index contributed by atoms with van der Waals surface area (Å²) in [6, 6.07) is 12.4. The Morgan fingerprint density at radius 2 is 1.63 bits per heavy atom. The van der Waals surface area contributed by atoms with Crippen LogP contribution in [-0.4, -0.2) is 39.8 Å². The Hall–Kier alpha value is -3.07. The molecule has 3 atom stereocenters. The zero-order valence-corrected chi connectivity index (χ0v) is 17.3. The summed E-state index contributed by atoms with van der Waals surface area (Å²) in [5, 5.41) is 4.94. The van der Waals surface area contributed by atoms with Crippen LogP contribution < -0.4 is 16.4 Å². The fourth-order valence-corrected chi connectivity index (χ4v) is 3.96. The van der Waals surface area contributed by atoms with E-state index in [1.807, 2.05) is 0 Å². The van der Waals surface area contributed by atoms with Crippen LogP contribution in [-0.2, 0) is 31.6 Å². The van der Waals surface area contributed by atoms with Crippen LogP contribution in [0.25, 0.3) is 0 Å². The monoisotopic (exact) mass is 433 g/mol. The number of halogens is 1. The topological polar surface area (TPSA) is 118 Å². The number of carbonyl (C=O) groups excluding carboxylic acids is 3. The van der Waals surface area contributed by atoms with Gasteiger partial charge in [0, 0.05) is 24.0 Å². The predicted molar refractivity (Wildman–Crippen MR) is 111 cm³/mol. The van der Waals surface area contributed by atoms with E-state index in [1.54, 1.807) is 36.4 Å². The van der Waals surface area contributed by atoms with Crippen LogP contribution in [0.3, 0.4) is 0 Å². The summed E-state index contributed by atoms with van der Waals surface area (Å²) in [5.74, 6) is -2.35. The van der Waals surface area contributed by atoms with Crippen molar-refractivity contribution < 1.29 is 23.0 Å². The number of hydrogen-bond acceptors (Lipinski definition) is 4. The van der Waals surface area contributed by atoms with Gasteiger partial charge in [-0.25, -0.2) is 4.39 Å². The molecular weight excluding hydrogens is 409 g/mol. The summed E-state index contributed by atoms with van der Waals surface area (Å²) in [7, 11) is -1.37. The maximum atomic E-state index is 14.0. The van der Waals surface area contributed by atoms with Crippen LogP contribution in [0.4, 0.5) is 4.39 Å². The molecule has 0 aliphatic heterocycles. The van der Waals surface area contributed by atoms with Crippen molar-refractivity contribution >= 4 is 28.5 Å². The summed E-state index contributed by atoms with van der Waals surface area (Å²) < 4.78 is 26.3. The van der Waals surface area contributed by atoms with Crippen molar-refractivity contribution in [2.45, 2.75) is 36.7 Å². The van der Waals surface area contributed by atoms with E-state index in [4.69, 9.17) is 5.73 Å². The molecule has 0 saturated carbocycles. The predicted octanol–water partition coefficient (Wildman–Crippen LogP) is 1.04. The highest BCUT2D eigenvalue weighted by Crippen LogP contribution is 2.11. The van der Waals surface area contributed by atoms with Crippen molar-refractivity contribution in [2.24, 2.45) is 5.73 Å². The molecule has 160 valence electrons. The van der Waals surface area contributed by atoms with E-state index < -0.39 is 46.4 Å². The molecule has 0 saturated heterocycles. The number of benzene rings is 2. The highest BCUT2D eigenvalue weighted by molar-refractivity contribution is 7.85. The summed E-state index contributed by atoms with van der Waals surface area (Å²) in [6.45, 7) is 1.23. The Labute approximate surface area is 176 Å². The Morgan fingerprint density at radius 1 is 1.00 bits per heavy atom. The first-order valence-corrected chi connectivity index (χ1v) is 10.6. The molecule has 2 aromatic carbocycles. The van der Waals surface area contributed by atoms with Gasteiger partial charge in [0.05, 0.1) is 10.8 Å². The van der Waals surface area contributed by atoms with E-state index in [-0.39, 0.29) is 24.2 Å². The Bertz CT molecular complexity index is 923. The van der Waals surface area contributed by atoms with E-state index in [0.29, 0.717) is 4.90 Å². The van der Waals surface area contributed by atoms with Gasteiger partial charge in [-0.15, -0.1) is 0 Å². The van der Waals surface area contributed by atoms with Gasteiger partial charge in [0.1, 0.15) is 17.9 Å². The number of nitrogens with one attached hydrogen (secondary N) is 2. The molecule has 7 nitrogen and oxygen atoms in total. The van der Waals surface area contributed by atoms with Crippen molar-refractivity contribution in [3.05, 3.63) is 66.0 Å². The first kappa shape index (κ1) is 23.2. The van der Waals surface area contributed by atoms with E-state index in [9.17, 15) is 23.0 Å². The zero-order valence-electron chi connectivity index (χ0n) is 16.5. The maximum absolute atomic E-state index is 14.0. The number of nitrogens with two attached hydrogens (primary N) is 1. The van der Waals surface area contributed by atoms with Crippen molar-refractivity contribution in [1.29, 1.82) is 0 Å². The Kier molecular flexibility index (Phi) is 8.67.